The Morgan fingerprint density at radius 3 is 1.38 bits per heavy atom. The summed E-state index contributed by atoms with van der Waals surface area (Å²) in [5, 5.41) is 2.75. The van der Waals surface area contributed by atoms with Gasteiger partial charge >= 0.3 is 0 Å². The van der Waals surface area contributed by atoms with E-state index in [0.29, 0.717) is 0 Å². The third-order valence-corrected chi connectivity index (χ3v) is 3.52. The minimum Gasteiger partial charge on any atom is -0.748 e. The zero-order valence-electron chi connectivity index (χ0n) is 13.3. The molecule has 2 radical (unpaired) electrons. The smallest absolute Gasteiger partial charge is 0 e. The van der Waals surface area contributed by atoms with Crippen molar-refractivity contribution in [3.05, 3.63) is 108 Å². The molecule has 4 aromatic carbocycles. The first kappa shape index (κ1) is 20.4. The van der Waals surface area contributed by atoms with Gasteiger partial charge < -0.3 is 30.3 Å². The summed E-state index contributed by atoms with van der Waals surface area (Å²) in [6.45, 7) is 0. The fourth-order valence-electron chi connectivity index (χ4n) is 2.50. The zero-order valence-corrected chi connectivity index (χ0v) is 16.1. The molecule has 0 N–H and O–H groups in total. The Hall–Kier alpha value is -1.69. The summed E-state index contributed by atoms with van der Waals surface area (Å²) in [6.07, 6.45) is 4.36. The number of benzene rings is 2. The summed E-state index contributed by atoms with van der Waals surface area (Å²) in [7, 11) is 0. The summed E-state index contributed by atoms with van der Waals surface area (Å²) in [6, 6.07) is 32.9. The predicted molar refractivity (Wildman–Crippen MR) is 96.9 cm³/mol. The molecule has 0 spiro atoms. The van der Waals surface area contributed by atoms with Gasteiger partial charge in [-0.15, -0.1) is 0 Å². The number of hydrogen-bond donors (Lipinski definition) is 0. The van der Waals surface area contributed by atoms with E-state index in [1.807, 2.05) is 60.7 Å². The maximum atomic E-state index is 2.18. The minimum atomic E-state index is 0. The summed E-state index contributed by atoms with van der Waals surface area (Å²) in [5.74, 6) is 0. The van der Waals surface area contributed by atoms with Gasteiger partial charge in [0.25, 0.3) is 0 Å². The second kappa shape index (κ2) is 11.0. The van der Waals surface area contributed by atoms with Crippen molar-refractivity contribution < 1.29 is 37.1 Å². The van der Waals surface area contributed by atoms with E-state index in [1.165, 1.54) is 21.9 Å². The Labute approximate surface area is 167 Å². The van der Waals surface area contributed by atoms with E-state index >= 15 is 0 Å². The van der Waals surface area contributed by atoms with E-state index in [2.05, 4.69) is 48.6 Å². The molecule has 0 aliphatic heterocycles. The van der Waals surface area contributed by atoms with Crippen LogP contribution in [0, 0.1) is 0 Å². The maximum Gasteiger partial charge on any atom is 0 e. The molecule has 0 fully saturated rings. The van der Waals surface area contributed by atoms with Gasteiger partial charge in [-0.25, -0.2) is 12.1 Å². The normalized spacial score (nSPS) is 9.67. The molecule has 0 aromatic heterocycles. The molecular formula is C22H18V2-6. The van der Waals surface area contributed by atoms with Crippen LogP contribution in [-0.2, 0) is 37.1 Å². The quantitative estimate of drug-likeness (QED) is 0.282. The van der Waals surface area contributed by atoms with Crippen LogP contribution >= 0.6 is 0 Å². The molecular weight excluding hydrogens is 366 g/mol. The molecule has 1 aliphatic carbocycles. The standard InChI is InChI=1S/C12H8.2C5H5.2V/c1-3-9-4-2-6-11-8-7-10(5-1)12(9)11;2*1-2-4-5-3-1;;/h1-8H;2*1-5H;;/q;-5;-1;;. The minimum absolute atomic E-state index is 0. The van der Waals surface area contributed by atoms with Crippen LogP contribution in [0.15, 0.2) is 97.1 Å². The van der Waals surface area contributed by atoms with Gasteiger partial charge in [-0.3, -0.25) is 0 Å². The monoisotopic (exact) mass is 384 g/mol. The molecule has 0 nitrogen and oxygen atoms in total. The predicted octanol–water partition coefficient (Wildman–Crippen LogP) is 6.13. The van der Waals surface area contributed by atoms with Gasteiger partial charge in [0.05, 0.1) is 0 Å². The third kappa shape index (κ3) is 5.44. The third-order valence-electron chi connectivity index (χ3n) is 3.52. The Morgan fingerprint density at radius 2 is 1.00 bits per heavy atom. The van der Waals surface area contributed by atoms with Crippen molar-refractivity contribution in [3.63, 3.8) is 0 Å². The molecule has 2 heteroatoms. The molecule has 122 valence electrons. The van der Waals surface area contributed by atoms with Crippen molar-refractivity contribution >= 4 is 22.9 Å². The molecule has 0 saturated carbocycles. The largest absolute Gasteiger partial charge is 0.748 e. The van der Waals surface area contributed by atoms with E-state index in [0.717, 1.165) is 0 Å². The fourth-order valence-corrected chi connectivity index (χ4v) is 2.50. The second-order valence-electron chi connectivity index (χ2n) is 5.05. The van der Waals surface area contributed by atoms with Crippen molar-refractivity contribution in [2.45, 2.75) is 0 Å². The molecule has 4 aromatic rings. The first-order chi connectivity index (χ1) is 10.9. The molecule has 5 rings (SSSR count). The second-order valence-corrected chi connectivity index (χ2v) is 5.05. The molecule has 0 saturated heterocycles. The summed E-state index contributed by atoms with van der Waals surface area (Å²) in [5.41, 5.74) is 2.70. The van der Waals surface area contributed by atoms with Crippen LogP contribution in [0.25, 0.3) is 22.9 Å². The topological polar surface area (TPSA) is 0 Å². The van der Waals surface area contributed by atoms with Crippen molar-refractivity contribution in [2.24, 2.45) is 0 Å². The molecule has 0 heterocycles. The van der Waals surface area contributed by atoms with Gasteiger partial charge in [0, 0.05) is 37.1 Å². The van der Waals surface area contributed by atoms with E-state index < -0.39 is 0 Å². The molecule has 0 unspecified atom stereocenters. The van der Waals surface area contributed by atoms with Crippen LogP contribution in [0.3, 0.4) is 0 Å². The van der Waals surface area contributed by atoms with Gasteiger partial charge in [-0.05, 0) is 21.9 Å². The van der Waals surface area contributed by atoms with Crippen molar-refractivity contribution in [3.8, 4) is 0 Å². The first-order valence-electron chi connectivity index (χ1n) is 7.48. The molecule has 0 bridgehead atoms. The Bertz CT molecular complexity index is 724. The Kier molecular flexibility index (Phi) is 9.30. The van der Waals surface area contributed by atoms with E-state index in [9.17, 15) is 0 Å². The average molecular weight is 384 g/mol. The van der Waals surface area contributed by atoms with Crippen molar-refractivity contribution in [1.29, 1.82) is 0 Å². The van der Waals surface area contributed by atoms with Crippen LogP contribution < -0.4 is 0 Å². The summed E-state index contributed by atoms with van der Waals surface area (Å²) in [4.78, 5) is 0. The summed E-state index contributed by atoms with van der Waals surface area (Å²) < 4.78 is 0. The van der Waals surface area contributed by atoms with Crippen LogP contribution in [0.5, 0.6) is 0 Å². The molecule has 24 heavy (non-hydrogen) atoms. The van der Waals surface area contributed by atoms with Crippen molar-refractivity contribution in [2.75, 3.05) is 0 Å². The van der Waals surface area contributed by atoms with Gasteiger partial charge in [0.15, 0.2) is 0 Å². The average Bonchev–Trinajstić information content (AvgIpc) is 3.34. The van der Waals surface area contributed by atoms with Crippen LogP contribution in [0.4, 0.5) is 0 Å². The van der Waals surface area contributed by atoms with E-state index in [-0.39, 0.29) is 37.1 Å². The molecule has 0 atom stereocenters. The number of rotatable bonds is 0. The van der Waals surface area contributed by atoms with Gasteiger partial charge in [0.1, 0.15) is 0 Å². The Balaban J connectivity index is 0.000000203. The van der Waals surface area contributed by atoms with Crippen LogP contribution in [-0.4, -0.2) is 0 Å². The fraction of sp³-hybridized carbons (Fsp3) is 0. The van der Waals surface area contributed by atoms with Crippen LogP contribution in [0.2, 0.25) is 0 Å². The van der Waals surface area contributed by atoms with Gasteiger partial charge in [-0.2, -0.15) is 18.2 Å². The maximum absolute atomic E-state index is 2.18. The van der Waals surface area contributed by atoms with Crippen LogP contribution in [0.1, 0.15) is 11.1 Å². The molecule has 0 amide bonds. The first-order valence-corrected chi connectivity index (χ1v) is 7.48. The van der Waals surface area contributed by atoms with Crippen molar-refractivity contribution in [1.82, 2.24) is 0 Å². The number of hydrogen-bond acceptors (Lipinski definition) is 0. The Morgan fingerprint density at radius 1 is 0.542 bits per heavy atom. The van der Waals surface area contributed by atoms with Gasteiger partial charge in [-0.1, -0.05) is 48.6 Å². The van der Waals surface area contributed by atoms with E-state index in [4.69, 9.17) is 0 Å². The SMILES string of the molecule is C1=Cc2cccc3cccc1c23.[V].[V].[cH-]1[cH-][cH-][cH-][cH-]1.c1cc[cH-]c1. The van der Waals surface area contributed by atoms with E-state index in [1.54, 1.807) is 0 Å². The molecule has 1 aliphatic rings. The zero-order chi connectivity index (χ0) is 15.0. The summed E-state index contributed by atoms with van der Waals surface area (Å²) >= 11 is 0. The van der Waals surface area contributed by atoms with Gasteiger partial charge in [0.2, 0.25) is 0 Å².